The van der Waals surface area contributed by atoms with Gasteiger partial charge in [-0.3, -0.25) is 0 Å². The Hall–Kier alpha value is -2.56. The highest BCUT2D eigenvalue weighted by Crippen LogP contribution is 2.21. The molecule has 0 amide bonds. The predicted octanol–water partition coefficient (Wildman–Crippen LogP) is 3.29. The summed E-state index contributed by atoms with van der Waals surface area (Å²) in [4.78, 5) is 8.74. The number of aromatic nitrogens is 2. The van der Waals surface area contributed by atoms with Crippen LogP contribution in [0.4, 0.5) is 11.5 Å². The van der Waals surface area contributed by atoms with E-state index in [0.717, 1.165) is 22.5 Å². The van der Waals surface area contributed by atoms with Crippen LogP contribution in [-0.2, 0) is 0 Å². The van der Waals surface area contributed by atoms with Crippen LogP contribution in [0.1, 0.15) is 24.3 Å². The molecule has 0 aliphatic carbocycles. The number of rotatable bonds is 3. The van der Waals surface area contributed by atoms with Crippen molar-refractivity contribution in [3.63, 3.8) is 0 Å². The second-order valence-corrected chi connectivity index (χ2v) is 4.84. The van der Waals surface area contributed by atoms with Crippen LogP contribution >= 0.6 is 0 Å². The molecule has 5 nitrogen and oxygen atoms in total. The van der Waals surface area contributed by atoms with Crippen molar-refractivity contribution in [3.8, 4) is 0 Å². The number of anilines is 2. The molecule has 2 heterocycles. The molecular weight excluding hydrogens is 252 g/mol. The van der Waals surface area contributed by atoms with Crippen molar-refractivity contribution in [2.24, 2.45) is 0 Å². The molecule has 1 atom stereocenters. The quantitative estimate of drug-likeness (QED) is 0.713. The minimum atomic E-state index is 0.0845. The topological polar surface area (TPSA) is 77.0 Å². The zero-order valence-corrected chi connectivity index (χ0v) is 11.4. The number of nitrogen functional groups attached to an aromatic ring is 1. The van der Waals surface area contributed by atoms with Crippen molar-refractivity contribution in [1.82, 2.24) is 9.97 Å². The minimum absolute atomic E-state index is 0.0845. The summed E-state index contributed by atoms with van der Waals surface area (Å²) in [5, 5.41) is 3.30. The Bertz CT molecular complexity index is 750. The van der Waals surface area contributed by atoms with E-state index in [2.05, 4.69) is 15.3 Å². The molecule has 0 radical (unpaired) electrons. The normalized spacial score (nSPS) is 12.5. The van der Waals surface area contributed by atoms with Crippen LogP contribution in [0, 0.1) is 6.92 Å². The SMILES string of the molecule is Cc1cc2ncc(NC(C)c3cccc(N)c3)nc2o1. The van der Waals surface area contributed by atoms with E-state index in [0.29, 0.717) is 11.5 Å². The molecule has 0 fully saturated rings. The molecular formula is C15H16N4O. The minimum Gasteiger partial charge on any atom is -0.442 e. The highest BCUT2D eigenvalue weighted by molar-refractivity contribution is 5.70. The third kappa shape index (κ3) is 2.42. The first kappa shape index (κ1) is 12.5. The lowest BCUT2D eigenvalue weighted by Crippen LogP contribution is -2.08. The van der Waals surface area contributed by atoms with Crippen LogP contribution in [0.2, 0.25) is 0 Å². The van der Waals surface area contributed by atoms with Gasteiger partial charge in [-0.15, -0.1) is 0 Å². The van der Waals surface area contributed by atoms with E-state index in [-0.39, 0.29) is 6.04 Å². The molecule has 5 heteroatoms. The Labute approximate surface area is 116 Å². The lowest BCUT2D eigenvalue weighted by atomic mass is 10.1. The Kier molecular flexibility index (Phi) is 3.02. The Morgan fingerprint density at radius 3 is 2.95 bits per heavy atom. The van der Waals surface area contributed by atoms with Gasteiger partial charge in [0.25, 0.3) is 0 Å². The maximum absolute atomic E-state index is 5.80. The lowest BCUT2D eigenvalue weighted by molar-refractivity contribution is 0.567. The molecule has 3 aromatic rings. The average molecular weight is 268 g/mol. The molecule has 3 rings (SSSR count). The van der Waals surface area contributed by atoms with Gasteiger partial charge in [0.05, 0.1) is 12.2 Å². The van der Waals surface area contributed by atoms with E-state index < -0.39 is 0 Å². The fraction of sp³-hybridized carbons (Fsp3) is 0.200. The van der Waals surface area contributed by atoms with Gasteiger partial charge in [0.15, 0.2) is 0 Å². The largest absolute Gasteiger partial charge is 0.442 e. The van der Waals surface area contributed by atoms with Crippen LogP contribution in [-0.4, -0.2) is 9.97 Å². The van der Waals surface area contributed by atoms with E-state index in [1.807, 2.05) is 44.2 Å². The fourth-order valence-corrected chi connectivity index (χ4v) is 2.13. The number of aryl methyl sites for hydroxylation is 1. The zero-order chi connectivity index (χ0) is 14.1. The lowest BCUT2D eigenvalue weighted by Gasteiger charge is -2.14. The Balaban J connectivity index is 1.85. The smallest absolute Gasteiger partial charge is 0.247 e. The number of nitrogens with one attached hydrogen (secondary N) is 1. The van der Waals surface area contributed by atoms with Crippen molar-refractivity contribution in [3.05, 3.63) is 47.9 Å². The predicted molar refractivity (Wildman–Crippen MR) is 79.4 cm³/mol. The first-order valence-electron chi connectivity index (χ1n) is 6.47. The van der Waals surface area contributed by atoms with Gasteiger partial charge in [-0.1, -0.05) is 12.1 Å². The summed E-state index contributed by atoms with van der Waals surface area (Å²) in [6, 6.07) is 9.73. The van der Waals surface area contributed by atoms with Gasteiger partial charge in [0.1, 0.15) is 17.1 Å². The van der Waals surface area contributed by atoms with Gasteiger partial charge in [-0.05, 0) is 31.5 Å². The summed E-state index contributed by atoms with van der Waals surface area (Å²) in [6.45, 7) is 3.93. The van der Waals surface area contributed by atoms with Gasteiger partial charge in [-0.2, -0.15) is 4.98 Å². The van der Waals surface area contributed by atoms with Gasteiger partial charge in [-0.25, -0.2) is 4.98 Å². The average Bonchev–Trinajstić information content (AvgIpc) is 2.78. The molecule has 0 bridgehead atoms. The van der Waals surface area contributed by atoms with Crippen LogP contribution in [0.3, 0.4) is 0 Å². The third-order valence-corrected chi connectivity index (χ3v) is 3.14. The molecule has 3 N–H and O–H groups in total. The molecule has 0 spiro atoms. The molecule has 1 aromatic carbocycles. The summed E-state index contributed by atoms with van der Waals surface area (Å²) in [7, 11) is 0. The van der Waals surface area contributed by atoms with Crippen LogP contribution in [0.25, 0.3) is 11.2 Å². The number of benzene rings is 1. The van der Waals surface area contributed by atoms with Crippen LogP contribution < -0.4 is 11.1 Å². The van der Waals surface area contributed by atoms with Crippen molar-refractivity contribution in [1.29, 1.82) is 0 Å². The highest BCUT2D eigenvalue weighted by Gasteiger charge is 2.09. The van der Waals surface area contributed by atoms with Crippen molar-refractivity contribution in [2.75, 3.05) is 11.1 Å². The van der Waals surface area contributed by atoms with Gasteiger partial charge < -0.3 is 15.5 Å². The maximum atomic E-state index is 5.80. The summed E-state index contributed by atoms with van der Waals surface area (Å²) in [5.41, 5.74) is 8.96. The number of hydrogen-bond donors (Lipinski definition) is 2. The van der Waals surface area contributed by atoms with Gasteiger partial charge in [0, 0.05) is 11.8 Å². The van der Waals surface area contributed by atoms with Gasteiger partial charge in [0.2, 0.25) is 5.71 Å². The first-order chi connectivity index (χ1) is 9.61. The number of nitrogens with zero attached hydrogens (tertiary/aromatic N) is 2. The summed E-state index contributed by atoms with van der Waals surface area (Å²) < 4.78 is 5.48. The fourth-order valence-electron chi connectivity index (χ4n) is 2.13. The summed E-state index contributed by atoms with van der Waals surface area (Å²) >= 11 is 0. The molecule has 1 unspecified atom stereocenters. The third-order valence-electron chi connectivity index (χ3n) is 3.14. The number of fused-ring (bicyclic) bond motifs is 1. The van der Waals surface area contributed by atoms with Crippen LogP contribution in [0.5, 0.6) is 0 Å². The molecule has 0 saturated heterocycles. The Morgan fingerprint density at radius 1 is 1.30 bits per heavy atom. The summed E-state index contributed by atoms with van der Waals surface area (Å²) in [5.74, 6) is 1.49. The standard InChI is InChI=1S/C15H16N4O/c1-9-6-13-15(20-9)19-14(8-17-13)18-10(2)11-4-3-5-12(16)7-11/h3-8,10H,16H2,1-2H3,(H,18,19). The molecule has 2 aromatic heterocycles. The Morgan fingerprint density at radius 2 is 2.15 bits per heavy atom. The first-order valence-corrected chi connectivity index (χ1v) is 6.47. The molecule has 0 saturated carbocycles. The molecule has 102 valence electrons. The van der Waals surface area contributed by atoms with Crippen LogP contribution in [0.15, 0.2) is 40.9 Å². The monoisotopic (exact) mass is 268 g/mol. The zero-order valence-electron chi connectivity index (χ0n) is 11.4. The molecule has 20 heavy (non-hydrogen) atoms. The van der Waals surface area contributed by atoms with Crippen molar-refractivity contribution < 1.29 is 4.42 Å². The number of nitrogens with two attached hydrogens (primary N) is 1. The van der Waals surface area contributed by atoms with E-state index in [1.54, 1.807) is 6.20 Å². The summed E-state index contributed by atoms with van der Waals surface area (Å²) in [6.07, 6.45) is 1.71. The maximum Gasteiger partial charge on any atom is 0.247 e. The highest BCUT2D eigenvalue weighted by atomic mass is 16.3. The number of furan rings is 1. The number of hydrogen-bond acceptors (Lipinski definition) is 5. The second kappa shape index (κ2) is 4.85. The second-order valence-electron chi connectivity index (χ2n) is 4.84. The van der Waals surface area contributed by atoms with Crippen molar-refractivity contribution in [2.45, 2.75) is 19.9 Å². The van der Waals surface area contributed by atoms with E-state index in [9.17, 15) is 0 Å². The molecule has 0 aliphatic rings. The van der Waals surface area contributed by atoms with Gasteiger partial charge >= 0.3 is 0 Å². The molecule has 0 aliphatic heterocycles. The van der Waals surface area contributed by atoms with E-state index in [1.165, 1.54) is 0 Å². The van der Waals surface area contributed by atoms with Crippen molar-refractivity contribution >= 4 is 22.7 Å². The van der Waals surface area contributed by atoms with E-state index >= 15 is 0 Å². The van der Waals surface area contributed by atoms with E-state index in [4.69, 9.17) is 10.2 Å².